The Kier molecular flexibility index (Phi) is 9.13. The fourth-order valence-corrected chi connectivity index (χ4v) is 4.48. The lowest BCUT2D eigenvalue weighted by Crippen LogP contribution is -2.55. The Hall–Kier alpha value is -2.84. The Morgan fingerprint density at radius 1 is 1.09 bits per heavy atom. The minimum absolute atomic E-state index is 0.161. The second-order valence-electron chi connectivity index (χ2n) is 9.48. The summed E-state index contributed by atoms with van der Waals surface area (Å²) in [5, 5.41) is 25.2. The first kappa shape index (κ1) is 25.8. The van der Waals surface area contributed by atoms with Gasteiger partial charge < -0.3 is 25.4 Å². The number of rotatable bonds is 10. The summed E-state index contributed by atoms with van der Waals surface area (Å²) in [6.07, 6.45) is 2.81. The van der Waals surface area contributed by atoms with Gasteiger partial charge in [0.05, 0.1) is 13.1 Å². The number of ether oxygens (including phenoxy) is 1. The molecule has 2 unspecified atom stereocenters. The lowest BCUT2D eigenvalue weighted by Gasteiger charge is -2.28. The molecule has 3 atom stereocenters. The fraction of sp³-hybridized carbons (Fsp3) is 0.462. The lowest BCUT2D eigenvalue weighted by molar-refractivity contribution is -0.131. The summed E-state index contributed by atoms with van der Waals surface area (Å²) in [5.41, 5.74) is 3.22. The van der Waals surface area contributed by atoms with Crippen LogP contribution in [-0.4, -0.2) is 48.1 Å². The second-order valence-corrected chi connectivity index (χ2v) is 9.48. The number of methoxy groups -OCH3 is 1. The Morgan fingerprint density at radius 3 is 2.47 bits per heavy atom. The molecule has 8 heteroatoms. The molecular formula is C26H35BN2O5. The first-order chi connectivity index (χ1) is 16.3. The van der Waals surface area contributed by atoms with Crippen molar-refractivity contribution in [1.29, 1.82) is 0 Å². The summed E-state index contributed by atoms with van der Waals surface area (Å²) in [7, 11) is -0.0542. The molecule has 2 aromatic rings. The summed E-state index contributed by atoms with van der Waals surface area (Å²) < 4.78 is 5.33. The molecular weight excluding hydrogens is 431 g/mol. The Bertz CT molecular complexity index is 967. The molecule has 0 bridgehead atoms. The van der Waals surface area contributed by atoms with Gasteiger partial charge in [0.2, 0.25) is 11.8 Å². The topological polar surface area (TPSA) is 108 Å². The number of hydrogen-bond acceptors (Lipinski definition) is 5. The number of fused-ring (bicyclic) bond motifs is 1. The van der Waals surface area contributed by atoms with E-state index in [1.807, 2.05) is 62.4 Å². The summed E-state index contributed by atoms with van der Waals surface area (Å²) in [6, 6.07) is 14.6. The zero-order valence-corrected chi connectivity index (χ0v) is 20.2. The van der Waals surface area contributed by atoms with Gasteiger partial charge in [-0.3, -0.25) is 9.59 Å². The minimum Gasteiger partial charge on any atom is -0.497 e. The average Bonchev–Trinajstić information content (AvgIpc) is 2.82. The highest BCUT2D eigenvalue weighted by Crippen LogP contribution is 2.29. The molecule has 3 rings (SSSR count). The molecule has 0 spiro atoms. The van der Waals surface area contributed by atoms with Gasteiger partial charge in [-0.2, -0.15) is 0 Å². The van der Waals surface area contributed by atoms with E-state index in [0.29, 0.717) is 25.7 Å². The maximum atomic E-state index is 13.2. The number of carbonyl (C=O) groups is 2. The van der Waals surface area contributed by atoms with E-state index < -0.39 is 25.0 Å². The second kappa shape index (κ2) is 12.0. The monoisotopic (exact) mass is 466 g/mol. The van der Waals surface area contributed by atoms with Gasteiger partial charge in [-0.05, 0) is 60.4 Å². The van der Waals surface area contributed by atoms with Crippen LogP contribution in [0.3, 0.4) is 0 Å². The Morgan fingerprint density at radius 2 is 1.82 bits per heavy atom. The maximum absolute atomic E-state index is 13.2. The van der Waals surface area contributed by atoms with E-state index in [-0.39, 0.29) is 17.7 Å². The van der Waals surface area contributed by atoms with E-state index in [9.17, 15) is 19.6 Å². The van der Waals surface area contributed by atoms with E-state index in [4.69, 9.17) is 4.74 Å². The minimum atomic E-state index is -1.68. The largest absolute Gasteiger partial charge is 0.497 e. The van der Waals surface area contributed by atoms with Gasteiger partial charge >= 0.3 is 7.12 Å². The van der Waals surface area contributed by atoms with Crippen LogP contribution in [0.4, 0.5) is 0 Å². The lowest BCUT2D eigenvalue weighted by atomic mass is 9.75. The van der Waals surface area contributed by atoms with E-state index in [0.717, 1.165) is 23.3 Å². The van der Waals surface area contributed by atoms with Gasteiger partial charge in [-0.25, -0.2) is 0 Å². The van der Waals surface area contributed by atoms with Crippen LogP contribution in [0.15, 0.2) is 48.5 Å². The fourth-order valence-electron chi connectivity index (χ4n) is 4.48. The molecule has 2 aromatic carbocycles. The maximum Gasteiger partial charge on any atom is 0.475 e. The number of aryl methyl sites for hydroxylation is 1. The van der Waals surface area contributed by atoms with Gasteiger partial charge in [-0.1, -0.05) is 50.2 Å². The highest BCUT2D eigenvalue weighted by atomic mass is 16.5. The quantitative estimate of drug-likeness (QED) is 0.401. The third-order valence-electron chi connectivity index (χ3n) is 6.34. The smallest absolute Gasteiger partial charge is 0.475 e. The van der Waals surface area contributed by atoms with Crippen molar-refractivity contribution in [3.8, 4) is 5.75 Å². The van der Waals surface area contributed by atoms with Crippen LogP contribution in [0.25, 0.3) is 0 Å². The number of benzene rings is 2. The van der Waals surface area contributed by atoms with E-state index in [1.54, 1.807) is 7.11 Å². The molecule has 34 heavy (non-hydrogen) atoms. The van der Waals surface area contributed by atoms with Crippen LogP contribution >= 0.6 is 0 Å². The van der Waals surface area contributed by atoms with E-state index in [1.165, 1.54) is 5.56 Å². The van der Waals surface area contributed by atoms with Crippen LogP contribution in [0.1, 0.15) is 43.4 Å². The van der Waals surface area contributed by atoms with Gasteiger partial charge in [0.1, 0.15) is 11.8 Å². The van der Waals surface area contributed by atoms with Crippen LogP contribution in [0.2, 0.25) is 0 Å². The predicted molar refractivity (Wildman–Crippen MR) is 132 cm³/mol. The van der Waals surface area contributed by atoms with Crippen molar-refractivity contribution in [2.24, 2.45) is 11.8 Å². The average molecular weight is 466 g/mol. The summed E-state index contributed by atoms with van der Waals surface area (Å²) >= 11 is 0. The third kappa shape index (κ3) is 7.08. The van der Waals surface area contributed by atoms with Crippen molar-refractivity contribution < 1.29 is 24.4 Å². The molecule has 1 aliphatic carbocycles. The van der Waals surface area contributed by atoms with Crippen LogP contribution in [0, 0.1) is 11.8 Å². The van der Waals surface area contributed by atoms with E-state index >= 15 is 0 Å². The van der Waals surface area contributed by atoms with Crippen molar-refractivity contribution in [3.63, 3.8) is 0 Å². The molecule has 0 radical (unpaired) electrons. The molecule has 0 fully saturated rings. The van der Waals surface area contributed by atoms with Crippen molar-refractivity contribution in [1.82, 2.24) is 10.6 Å². The molecule has 1 aliphatic rings. The van der Waals surface area contributed by atoms with Gasteiger partial charge in [0.15, 0.2) is 0 Å². The van der Waals surface area contributed by atoms with Crippen molar-refractivity contribution in [2.75, 3.05) is 7.11 Å². The summed E-state index contributed by atoms with van der Waals surface area (Å²) in [6.45, 7) is 3.89. The highest BCUT2D eigenvalue weighted by molar-refractivity contribution is 6.43. The zero-order chi connectivity index (χ0) is 24.7. The van der Waals surface area contributed by atoms with Crippen LogP contribution in [-0.2, 0) is 28.9 Å². The molecule has 7 nitrogen and oxygen atoms in total. The van der Waals surface area contributed by atoms with Crippen molar-refractivity contribution in [2.45, 2.75) is 57.9 Å². The Labute approximate surface area is 202 Å². The SMILES string of the molecule is COc1ccc2c(c1)CC(C(=O)N[C@@H](Cc1ccccc1)C(=O)NC(CC(C)C)B(O)O)CC2. The van der Waals surface area contributed by atoms with E-state index in [2.05, 4.69) is 10.6 Å². The molecule has 0 saturated heterocycles. The number of amides is 2. The molecule has 2 amide bonds. The standard InChI is InChI=1S/C26H35BN2O5/c1-17(2)13-24(27(32)33)29-26(31)23(14-18-7-5-4-6-8-18)28-25(30)20-10-9-19-11-12-22(34-3)16-21(19)15-20/h4-8,11-12,16-17,20,23-24,32-33H,9-10,13-15H2,1-3H3,(H,28,30)(H,29,31)/t20?,23-,24?/m0/s1. The zero-order valence-electron chi connectivity index (χ0n) is 20.2. The van der Waals surface area contributed by atoms with Crippen molar-refractivity contribution in [3.05, 3.63) is 65.2 Å². The molecule has 182 valence electrons. The molecule has 0 heterocycles. The summed E-state index contributed by atoms with van der Waals surface area (Å²) in [5.74, 6) is -0.728. The molecule has 0 aromatic heterocycles. The number of nitrogens with one attached hydrogen (secondary N) is 2. The van der Waals surface area contributed by atoms with Gasteiger partial charge in [-0.15, -0.1) is 0 Å². The highest BCUT2D eigenvalue weighted by Gasteiger charge is 2.32. The number of carbonyl (C=O) groups excluding carboxylic acids is 2. The van der Waals surface area contributed by atoms with Gasteiger partial charge in [0, 0.05) is 12.3 Å². The summed E-state index contributed by atoms with van der Waals surface area (Å²) in [4.78, 5) is 26.4. The third-order valence-corrected chi connectivity index (χ3v) is 6.34. The Balaban J connectivity index is 1.74. The van der Waals surface area contributed by atoms with Crippen LogP contribution in [0.5, 0.6) is 5.75 Å². The first-order valence-corrected chi connectivity index (χ1v) is 11.9. The van der Waals surface area contributed by atoms with Crippen molar-refractivity contribution >= 4 is 18.9 Å². The number of hydrogen-bond donors (Lipinski definition) is 4. The van der Waals surface area contributed by atoms with Gasteiger partial charge in [0.25, 0.3) is 0 Å². The van der Waals surface area contributed by atoms with Crippen LogP contribution < -0.4 is 15.4 Å². The molecule has 4 N–H and O–H groups in total. The molecule has 0 saturated carbocycles. The predicted octanol–water partition coefficient (Wildman–Crippen LogP) is 2.07. The normalized spacial score (nSPS) is 16.8. The first-order valence-electron chi connectivity index (χ1n) is 11.9. The molecule has 0 aliphatic heterocycles.